The molecule has 0 spiro atoms. The van der Waals surface area contributed by atoms with Crippen LogP contribution in [0.5, 0.6) is 0 Å². The smallest absolute Gasteiger partial charge is 0.375 e. The molecule has 1 aromatic carbocycles. The molecule has 0 saturated carbocycles. The number of benzene rings is 1. The average Bonchev–Trinajstić information content (AvgIpc) is 2.30. The fourth-order valence-corrected chi connectivity index (χ4v) is 2.04. The van der Waals surface area contributed by atoms with Crippen molar-refractivity contribution in [1.29, 1.82) is 0 Å². The number of nitrogens with two attached hydrogens (primary N) is 1. The topological polar surface area (TPSA) is 35.2 Å². The third kappa shape index (κ3) is 4.47. The summed E-state index contributed by atoms with van der Waals surface area (Å²) in [7, 11) is 1.37. The van der Waals surface area contributed by atoms with Crippen molar-refractivity contribution in [2.75, 3.05) is 13.8 Å². The van der Waals surface area contributed by atoms with Crippen molar-refractivity contribution in [3.8, 4) is 0 Å². The Morgan fingerprint density at radius 3 is 2.22 bits per heavy atom. The van der Waals surface area contributed by atoms with Gasteiger partial charge in [-0.3, -0.25) is 0 Å². The van der Waals surface area contributed by atoms with Crippen LogP contribution in [0.3, 0.4) is 0 Å². The summed E-state index contributed by atoms with van der Waals surface area (Å²) in [5, 5.41) is 0. The molecule has 2 nitrogen and oxygen atoms in total. The Labute approximate surface area is 106 Å². The van der Waals surface area contributed by atoms with Crippen molar-refractivity contribution < 1.29 is 22.3 Å². The van der Waals surface area contributed by atoms with Gasteiger partial charge >= 0.3 is 5.51 Å². The van der Waals surface area contributed by atoms with E-state index in [4.69, 9.17) is 10.5 Å². The number of thioether (sulfide) groups is 1. The van der Waals surface area contributed by atoms with Gasteiger partial charge in [0.2, 0.25) is 0 Å². The maximum absolute atomic E-state index is 12.5. The van der Waals surface area contributed by atoms with E-state index in [1.165, 1.54) is 31.4 Å². The highest BCUT2D eigenvalue weighted by Crippen LogP contribution is 2.37. The first-order valence-corrected chi connectivity index (χ1v) is 5.89. The molecule has 0 aliphatic heterocycles. The Balaban J connectivity index is 2.81. The van der Waals surface area contributed by atoms with Crippen LogP contribution in [-0.2, 0) is 4.74 Å². The fourth-order valence-electron chi connectivity index (χ4n) is 1.50. The predicted octanol–water partition coefficient (Wildman–Crippen LogP) is 3.28. The predicted molar refractivity (Wildman–Crippen MR) is 62.1 cm³/mol. The molecule has 0 radical (unpaired) electrons. The molecule has 0 amide bonds. The molecule has 2 N–H and O–H groups in total. The lowest BCUT2D eigenvalue weighted by molar-refractivity contribution is -0.0328. The van der Waals surface area contributed by atoms with Crippen LogP contribution in [0.15, 0.2) is 29.2 Å². The zero-order chi connectivity index (χ0) is 13.8. The minimum Gasteiger partial charge on any atom is -0.375 e. The molecule has 102 valence electrons. The van der Waals surface area contributed by atoms with Crippen molar-refractivity contribution in [3.63, 3.8) is 0 Å². The van der Waals surface area contributed by atoms with E-state index in [2.05, 4.69) is 0 Å². The summed E-state index contributed by atoms with van der Waals surface area (Å²) < 4.78 is 53.8. The second kappa shape index (κ2) is 6.40. The van der Waals surface area contributed by atoms with E-state index in [-0.39, 0.29) is 16.7 Å². The molecule has 7 heteroatoms. The first-order valence-electron chi connectivity index (χ1n) is 5.07. The molecule has 2 atom stereocenters. The third-order valence-corrected chi connectivity index (χ3v) is 3.00. The van der Waals surface area contributed by atoms with Gasteiger partial charge in [-0.1, -0.05) is 12.1 Å². The van der Waals surface area contributed by atoms with E-state index in [0.29, 0.717) is 5.56 Å². The van der Waals surface area contributed by atoms with Gasteiger partial charge in [0.15, 0.2) is 0 Å². The van der Waals surface area contributed by atoms with Crippen LogP contribution in [0, 0.1) is 0 Å². The summed E-state index contributed by atoms with van der Waals surface area (Å²) in [4.78, 5) is 0.0647. The quantitative estimate of drug-likeness (QED) is 0.665. The van der Waals surface area contributed by atoms with Gasteiger partial charge in [-0.2, -0.15) is 13.2 Å². The third-order valence-electron chi connectivity index (χ3n) is 2.26. The normalized spacial score (nSPS) is 15.4. The molecule has 0 saturated heterocycles. The van der Waals surface area contributed by atoms with Crippen LogP contribution in [0.2, 0.25) is 0 Å². The van der Waals surface area contributed by atoms with Gasteiger partial charge in [-0.15, -0.1) is 0 Å². The van der Waals surface area contributed by atoms with Crippen molar-refractivity contribution >= 4 is 11.8 Å². The number of alkyl halides is 4. The minimum absolute atomic E-state index is 0.0647. The van der Waals surface area contributed by atoms with Crippen molar-refractivity contribution in [2.24, 2.45) is 5.73 Å². The van der Waals surface area contributed by atoms with Crippen LogP contribution >= 0.6 is 11.8 Å². The molecule has 0 fully saturated rings. The highest BCUT2D eigenvalue weighted by molar-refractivity contribution is 8.00. The first-order chi connectivity index (χ1) is 8.37. The van der Waals surface area contributed by atoms with Gasteiger partial charge in [0.1, 0.15) is 6.67 Å². The molecule has 1 rings (SSSR count). The molecular formula is C11H13F4NOS. The monoisotopic (exact) mass is 283 g/mol. The van der Waals surface area contributed by atoms with Gasteiger partial charge in [-0.05, 0) is 29.5 Å². The Hall–Kier alpha value is -0.790. The summed E-state index contributed by atoms with van der Waals surface area (Å²) in [6.07, 6.45) is -0.667. The number of rotatable bonds is 5. The molecule has 1 aromatic rings. The van der Waals surface area contributed by atoms with E-state index >= 15 is 0 Å². The zero-order valence-electron chi connectivity index (χ0n) is 9.58. The lowest BCUT2D eigenvalue weighted by Gasteiger charge is -2.20. The number of methoxy groups -OCH3 is 1. The molecule has 18 heavy (non-hydrogen) atoms. The summed E-state index contributed by atoms with van der Waals surface area (Å²) in [5.74, 6) is 0. The summed E-state index contributed by atoms with van der Waals surface area (Å²) in [6.45, 7) is -0.766. The molecule has 0 aliphatic rings. The second-order valence-corrected chi connectivity index (χ2v) is 4.73. The Bertz CT molecular complexity index is 368. The minimum atomic E-state index is -4.32. The Morgan fingerprint density at radius 2 is 1.83 bits per heavy atom. The van der Waals surface area contributed by atoms with Crippen LogP contribution in [-0.4, -0.2) is 25.3 Å². The van der Waals surface area contributed by atoms with E-state index < -0.39 is 24.3 Å². The maximum atomic E-state index is 12.5. The van der Waals surface area contributed by atoms with E-state index in [1.54, 1.807) is 0 Å². The lowest BCUT2D eigenvalue weighted by atomic mass is 10.0. The van der Waals surface area contributed by atoms with Gasteiger partial charge in [0.05, 0.1) is 12.1 Å². The number of hydrogen-bond acceptors (Lipinski definition) is 3. The van der Waals surface area contributed by atoms with Crippen LogP contribution in [0.25, 0.3) is 0 Å². The highest BCUT2D eigenvalue weighted by atomic mass is 32.2. The maximum Gasteiger partial charge on any atom is 0.446 e. The zero-order valence-corrected chi connectivity index (χ0v) is 10.4. The second-order valence-electron chi connectivity index (χ2n) is 3.59. The average molecular weight is 283 g/mol. The Kier molecular flexibility index (Phi) is 5.43. The number of ether oxygens (including phenoxy) is 1. The SMILES string of the molecule is CO[C@H](c1ccc(SC(F)(F)F)cc1)[C@H](N)CF. The van der Waals surface area contributed by atoms with Gasteiger partial charge in [-0.25, -0.2) is 4.39 Å². The van der Waals surface area contributed by atoms with Crippen LogP contribution < -0.4 is 5.73 Å². The summed E-state index contributed by atoms with van der Waals surface area (Å²) in [6, 6.07) is 4.70. The largest absolute Gasteiger partial charge is 0.446 e. The number of halogens is 4. The summed E-state index contributed by atoms with van der Waals surface area (Å²) in [5.41, 5.74) is 1.74. The Morgan fingerprint density at radius 1 is 1.28 bits per heavy atom. The van der Waals surface area contributed by atoms with Crippen molar-refractivity contribution in [1.82, 2.24) is 0 Å². The fraction of sp³-hybridized carbons (Fsp3) is 0.455. The standard InChI is InChI=1S/C11H13F4NOS/c1-17-10(9(16)6-12)7-2-4-8(5-3-7)18-11(13,14)15/h2-5,9-10H,6,16H2,1H3/t9-,10-/m1/s1. The lowest BCUT2D eigenvalue weighted by Crippen LogP contribution is -2.31. The molecule has 0 unspecified atom stereocenters. The van der Waals surface area contributed by atoms with Crippen molar-refractivity contribution in [3.05, 3.63) is 29.8 Å². The van der Waals surface area contributed by atoms with Crippen molar-refractivity contribution in [2.45, 2.75) is 22.5 Å². The molecule has 0 bridgehead atoms. The van der Waals surface area contributed by atoms with E-state index in [0.717, 1.165) is 0 Å². The van der Waals surface area contributed by atoms with Crippen LogP contribution in [0.4, 0.5) is 17.6 Å². The highest BCUT2D eigenvalue weighted by Gasteiger charge is 2.29. The van der Waals surface area contributed by atoms with E-state index in [9.17, 15) is 17.6 Å². The van der Waals surface area contributed by atoms with Crippen LogP contribution in [0.1, 0.15) is 11.7 Å². The molecule has 0 heterocycles. The van der Waals surface area contributed by atoms with Gasteiger partial charge in [0.25, 0.3) is 0 Å². The molecular weight excluding hydrogens is 270 g/mol. The summed E-state index contributed by atoms with van der Waals surface area (Å²) >= 11 is -0.203. The number of hydrogen-bond donors (Lipinski definition) is 1. The first kappa shape index (κ1) is 15.3. The van der Waals surface area contributed by atoms with Gasteiger partial charge < -0.3 is 10.5 Å². The molecule has 0 aliphatic carbocycles. The van der Waals surface area contributed by atoms with E-state index in [1.807, 2.05) is 0 Å². The van der Waals surface area contributed by atoms with Gasteiger partial charge in [0, 0.05) is 12.0 Å². The molecule has 0 aromatic heterocycles.